The molecule has 138 valence electrons. The van der Waals surface area contributed by atoms with Gasteiger partial charge in [-0.25, -0.2) is 0 Å². The normalized spacial score (nSPS) is 10.7. The second-order valence-corrected chi connectivity index (χ2v) is 6.59. The summed E-state index contributed by atoms with van der Waals surface area (Å²) in [5, 5.41) is 4.84. The fourth-order valence-corrected chi connectivity index (χ4v) is 3.22. The first-order valence-corrected chi connectivity index (χ1v) is 9.02. The summed E-state index contributed by atoms with van der Waals surface area (Å²) in [6.45, 7) is 3.70. The van der Waals surface area contributed by atoms with Crippen LogP contribution in [-0.2, 0) is 0 Å². The number of ketones is 2. The molecule has 0 N–H and O–H groups in total. The molecule has 0 bridgehead atoms. The van der Waals surface area contributed by atoms with Crippen LogP contribution in [0, 0.1) is 6.92 Å². The topological polar surface area (TPSA) is 61.2 Å². The smallest absolute Gasteiger partial charge is 0.215 e. The van der Waals surface area contributed by atoms with Crippen LogP contribution in [0.15, 0.2) is 48.5 Å². The Morgan fingerprint density at radius 1 is 1.07 bits per heavy atom. The summed E-state index contributed by atoms with van der Waals surface area (Å²) in [6, 6.07) is 13.2. The van der Waals surface area contributed by atoms with Gasteiger partial charge >= 0.3 is 0 Å². The van der Waals surface area contributed by atoms with Crippen molar-refractivity contribution in [3.63, 3.8) is 0 Å². The molecule has 0 spiro atoms. The first-order valence-electron chi connectivity index (χ1n) is 8.26. The molecular weight excluding hydrogens is 387 g/mol. The van der Waals surface area contributed by atoms with Crippen LogP contribution < -0.4 is 4.84 Å². The Hall–Kier alpha value is -2.63. The van der Waals surface area contributed by atoms with Gasteiger partial charge in [-0.05, 0) is 32.0 Å². The lowest BCUT2D eigenvalue weighted by molar-refractivity contribution is 0.0765. The molecule has 2 aromatic carbocycles. The second-order valence-electron chi connectivity index (χ2n) is 5.75. The Kier molecular flexibility index (Phi) is 5.63. The molecule has 1 heterocycles. The second kappa shape index (κ2) is 7.94. The number of halogens is 2. The zero-order valence-corrected chi connectivity index (χ0v) is 16.2. The number of carbonyl (C=O) groups is 2. The molecule has 0 radical (unpaired) electrons. The summed E-state index contributed by atoms with van der Waals surface area (Å²) in [4.78, 5) is 32.9. The molecule has 3 rings (SSSR count). The van der Waals surface area contributed by atoms with Crippen molar-refractivity contribution in [3.8, 4) is 0 Å². The first kappa shape index (κ1) is 19.1. The van der Waals surface area contributed by atoms with E-state index in [4.69, 9.17) is 28.0 Å². The largest absolute Gasteiger partial charge is 0.396 e. The molecule has 0 atom stereocenters. The highest BCUT2D eigenvalue weighted by Gasteiger charge is 2.30. The van der Waals surface area contributed by atoms with Crippen molar-refractivity contribution in [3.05, 3.63) is 86.7 Å². The van der Waals surface area contributed by atoms with Gasteiger partial charge in [0, 0.05) is 16.1 Å². The molecule has 5 nitrogen and oxygen atoms in total. The average Bonchev–Trinajstić information content (AvgIpc) is 2.97. The van der Waals surface area contributed by atoms with Crippen molar-refractivity contribution in [2.75, 3.05) is 6.61 Å². The van der Waals surface area contributed by atoms with Crippen LogP contribution in [-0.4, -0.2) is 28.1 Å². The van der Waals surface area contributed by atoms with E-state index < -0.39 is 5.78 Å². The molecule has 7 heteroatoms. The predicted octanol–water partition coefficient (Wildman–Crippen LogP) is 4.41. The number of hydrogen-bond acceptors (Lipinski definition) is 4. The van der Waals surface area contributed by atoms with Gasteiger partial charge in [0.2, 0.25) is 5.78 Å². The van der Waals surface area contributed by atoms with E-state index in [1.807, 2.05) is 0 Å². The van der Waals surface area contributed by atoms with E-state index >= 15 is 0 Å². The molecule has 1 aromatic heterocycles. The number of benzene rings is 2. The Labute approximate surface area is 166 Å². The van der Waals surface area contributed by atoms with Crippen molar-refractivity contribution in [1.82, 2.24) is 9.94 Å². The molecule has 0 saturated heterocycles. The summed E-state index contributed by atoms with van der Waals surface area (Å²) in [7, 11) is 0. The lowest BCUT2D eigenvalue weighted by atomic mass is 9.97. The highest BCUT2D eigenvalue weighted by Crippen LogP contribution is 2.27. The van der Waals surface area contributed by atoms with E-state index in [1.165, 1.54) is 12.1 Å². The van der Waals surface area contributed by atoms with Crippen LogP contribution in [0.3, 0.4) is 0 Å². The molecule has 0 fully saturated rings. The van der Waals surface area contributed by atoms with Crippen LogP contribution in [0.5, 0.6) is 0 Å². The van der Waals surface area contributed by atoms with Gasteiger partial charge in [-0.2, -0.15) is 0 Å². The van der Waals surface area contributed by atoms with E-state index in [9.17, 15) is 9.59 Å². The van der Waals surface area contributed by atoms with E-state index in [-0.39, 0.29) is 34.2 Å². The van der Waals surface area contributed by atoms with E-state index in [1.54, 1.807) is 50.2 Å². The van der Waals surface area contributed by atoms with Gasteiger partial charge in [-0.15, -0.1) is 5.10 Å². The van der Waals surface area contributed by atoms with Crippen molar-refractivity contribution < 1.29 is 14.4 Å². The molecule has 0 aliphatic carbocycles. The Morgan fingerprint density at radius 2 is 1.78 bits per heavy atom. The van der Waals surface area contributed by atoms with Crippen molar-refractivity contribution in [2.24, 2.45) is 0 Å². The summed E-state index contributed by atoms with van der Waals surface area (Å²) in [5.74, 6) is -0.780. The Balaban J connectivity index is 2.17. The minimum absolute atomic E-state index is 0.0663. The summed E-state index contributed by atoms with van der Waals surface area (Å²) in [5.41, 5.74) is 1.26. The van der Waals surface area contributed by atoms with Crippen molar-refractivity contribution >= 4 is 34.8 Å². The zero-order chi connectivity index (χ0) is 19.6. The number of rotatable bonds is 6. The minimum atomic E-state index is -0.417. The lowest BCUT2D eigenvalue weighted by Crippen LogP contribution is -2.21. The highest BCUT2D eigenvalue weighted by atomic mass is 35.5. The third-order valence-electron chi connectivity index (χ3n) is 3.94. The number of aryl methyl sites for hydroxylation is 1. The average molecular weight is 403 g/mol. The molecule has 0 amide bonds. The molecule has 0 aliphatic rings. The standard InChI is InChI=1S/C20H16Cl2N2O3/c1-3-27-24-18(19(25)13-7-5-4-6-8-13)17(12(2)23-24)20(26)15-10-9-14(21)11-16(15)22/h4-11H,3H2,1-2H3. The minimum Gasteiger partial charge on any atom is -0.396 e. The Morgan fingerprint density at radius 3 is 2.41 bits per heavy atom. The lowest BCUT2D eigenvalue weighted by Gasteiger charge is -2.09. The Bertz CT molecular complexity index is 1010. The summed E-state index contributed by atoms with van der Waals surface area (Å²) >= 11 is 12.1. The summed E-state index contributed by atoms with van der Waals surface area (Å²) in [6.07, 6.45) is 0. The van der Waals surface area contributed by atoms with Crippen molar-refractivity contribution in [2.45, 2.75) is 13.8 Å². The van der Waals surface area contributed by atoms with Crippen LogP contribution in [0.25, 0.3) is 0 Å². The van der Waals surface area contributed by atoms with Gasteiger partial charge in [0.15, 0.2) is 11.5 Å². The van der Waals surface area contributed by atoms with Gasteiger partial charge in [0.1, 0.15) is 6.61 Å². The predicted molar refractivity (Wildman–Crippen MR) is 104 cm³/mol. The van der Waals surface area contributed by atoms with Crippen LogP contribution in [0.2, 0.25) is 10.0 Å². The van der Waals surface area contributed by atoms with Gasteiger partial charge in [0.25, 0.3) is 0 Å². The molecule has 27 heavy (non-hydrogen) atoms. The number of nitrogens with zero attached hydrogens (tertiary/aromatic N) is 2. The summed E-state index contributed by atoms with van der Waals surface area (Å²) < 4.78 is 0. The third kappa shape index (κ3) is 3.75. The van der Waals surface area contributed by atoms with Crippen LogP contribution in [0.1, 0.15) is 44.6 Å². The SMILES string of the molecule is CCOn1nc(C)c(C(=O)c2ccc(Cl)cc2Cl)c1C(=O)c1ccccc1. The number of hydrogen-bond donors (Lipinski definition) is 0. The molecule has 3 aromatic rings. The van der Waals surface area contributed by atoms with E-state index in [0.717, 1.165) is 4.85 Å². The number of aromatic nitrogens is 2. The van der Waals surface area contributed by atoms with Crippen molar-refractivity contribution in [1.29, 1.82) is 0 Å². The van der Waals surface area contributed by atoms with E-state index in [2.05, 4.69) is 5.10 Å². The van der Waals surface area contributed by atoms with Gasteiger partial charge < -0.3 is 4.84 Å². The maximum Gasteiger partial charge on any atom is 0.215 e. The fraction of sp³-hybridized carbons (Fsp3) is 0.150. The highest BCUT2D eigenvalue weighted by molar-refractivity contribution is 6.38. The first-order chi connectivity index (χ1) is 12.9. The third-order valence-corrected chi connectivity index (χ3v) is 4.48. The van der Waals surface area contributed by atoms with Crippen LogP contribution >= 0.6 is 23.2 Å². The van der Waals surface area contributed by atoms with Gasteiger partial charge in [-0.3, -0.25) is 9.59 Å². The molecular formula is C20H16Cl2N2O3. The molecule has 0 aliphatic heterocycles. The molecule has 0 saturated carbocycles. The zero-order valence-electron chi connectivity index (χ0n) is 14.7. The van der Waals surface area contributed by atoms with Crippen LogP contribution in [0.4, 0.5) is 0 Å². The van der Waals surface area contributed by atoms with Gasteiger partial charge in [0.05, 0.1) is 16.3 Å². The number of carbonyl (C=O) groups excluding carboxylic acids is 2. The fourth-order valence-electron chi connectivity index (χ4n) is 2.73. The molecule has 0 unspecified atom stereocenters. The monoisotopic (exact) mass is 402 g/mol. The maximum atomic E-state index is 13.2. The van der Waals surface area contributed by atoms with Gasteiger partial charge in [-0.1, -0.05) is 58.4 Å². The quantitative estimate of drug-likeness (QED) is 0.572. The van der Waals surface area contributed by atoms with E-state index in [0.29, 0.717) is 16.3 Å². The maximum absolute atomic E-state index is 13.2.